The molecule has 2 saturated heterocycles. The molecule has 0 spiro atoms. The average molecular weight is 1190 g/mol. The summed E-state index contributed by atoms with van der Waals surface area (Å²) < 4.78 is 43.6. The fraction of sp³-hybridized carbons (Fsp3) is 0.464. The van der Waals surface area contributed by atoms with Crippen LogP contribution in [0.1, 0.15) is 106 Å². The first-order valence-corrected chi connectivity index (χ1v) is 27.9. The Morgan fingerprint density at radius 2 is 1.06 bits per heavy atom. The molecule has 4 aromatic heterocycles. The van der Waals surface area contributed by atoms with E-state index in [0.717, 1.165) is 21.8 Å². The molecule has 0 aliphatic carbocycles. The first-order chi connectivity index (χ1) is 37.4. The number of hydrogen-bond donors (Lipinski definition) is 1. The van der Waals surface area contributed by atoms with Gasteiger partial charge in [0.2, 0.25) is 0 Å². The number of nitro groups is 1. The highest BCUT2D eigenvalue weighted by Gasteiger charge is 2.42. The summed E-state index contributed by atoms with van der Waals surface area (Å²) in [4.78, 5) is 80.8. The molecular weight excluding hydrogens is 1120 g/mol. The molecule has 8 rings (SSSR count). The maximum Gasteiger partial charge on any atom is 0.410 e. The minimum Gasteiger partial charge on any atom is -0.444 e. The van der Waals surface area contributed by atoms with Crippen molar-refractivity contribution >= 4 is 103 Å². The van der Waals surface area contributed by atoms with E-state index in [9.17, 15) is 38.1 Å². The Balaban J connectivity index is 0.000000231. The highest BCUT2D eigenvalue weighted by molar-refractivity contribution is 6.30. The van der Waals surface area contributed by atoms with Gasteiger partial charge in [0.1, 0.15) is 22.6 Å². The van der Waals surface area contributed by atoms with Gasteiger partial charge in [-0.2, -0.15) is 0 Å². The Hall–Kier alpha value is -6.48. The molecule has 4 atom stereocenters. The number of nitrogens with two attached hydrogens (primary N) is 1. The zero-order chi connectivity index (χ0) is 59.2. The Morgan fingerprint density at radius 1 is 0.688 bits per heavy atom. The van der Waals surface area contributed by atoms with Crippen LogP contribution in [0, 0.1) is 21.7 Å². The molecule has 2 aliphatic heterocycles. The number of piperazine rings is 2. The fourth-order valence-corrected chi connectivity index (χ4v) is 10.9. The van der Waals surface area contributed by atoms with Gasteiger partial charge in [-0.1, -0.05) is 87.3 Å². The summed E-state index contributed by atoms with van der Waals surface area (Å²) in [5.74, 6) is -1.54. The van der Waals surface area contributed by atoms with Crippen molar-refractivity contribution < 1.29 is 32.8 Å². The molecule has 0 bridgehead atoms. The second-order valence-electron chi connectivity index (χ2n) is 22.6. The van der Waals surface area contributed by atoms with E-state index < -0.39 is 80.0 Å². The van der Waals surface area contributed by atoms with E-state index in [1.165, 1.54) is 15.5 Å². The lowest BCUT2D eigenvalue weighted by molar-refractivity contribution is -0.385. The lowest BCUT2D eigenvalue weighted by atomic mass is 10.0. The van der Waals surface area contributed by atoms with Crippen molar-refractivity contribution in [3.05, 3.63) is 125 Å². The van der Waals surface area contributed by atoms with E-state index >= 15 is 0 Å². The van der Waals surface area contributed by atoms with Gasteiger partial charge in [0, 0.05) is 55.4 Å². The number of para-hydroxylation sites is 2. The van der Waals surface area contributed by atoms with E-state index in [0.29, 0.717) is 22.4 Å². The number of amides is 2. The molecule has 18 nitrogen and oxygen atoms in total. The van der Waals surface area contributed by atoms with Crippen molar-refractivity contribution in [2.45, 2.75) is 130 Å². The third-order valence-electron chi connectivity index (χ3n) is 13.7. The molecule has 24 heteroatoms. The van der Waals surface area contributed by atoms with Gasteiger partial charge >= 0.3 is 23.4 Å². The lowest BCUT2D eigenvalue weighted by Crippen LogP contribution is -2.60. The molecule has 2 N–H and O–H groups in total. The summed E-state index contributed by atoms with van der Waals surface area (Å²) >= 11 is 25.0. The number of benzene rings is 2. The summed E-state index contributed by atoms with van der Waals surface area (Å²) in [6, 6.07) is 14.8. The number of alkyl halides is 2. The molecular formula is C56H66Cl4F2N10O8. The van der Waals surface area contributed by atoms with Crippen LogP contribution >= 0.6 is 46.4 Å². The monoisotopic (exact) mass is 1180 g/mol. The maximum atomic E-state index is 15.0. The van der Waals surface area contributed by atoms with Crippen LogP contribution in [0.5, 0.6) is 0 Å². The zero-order valence-electron chi connectivity index (χ0n) is 46.6. The van der Waals surface area contributed by atoms with Crippen molar-refractivity contribution in [3.8, 4) is 11.4 Å². The molecule has 0 radical (unpaired) electrons. The Kier molecular flexibility index (Phi) is 18.3. The number of ether oxygens (including phenoxy) is 2. The lowest BCUT2D eigenvalue weighted by Gasteiger charge is -2.46. The van der Waals surface area contributed by atoms with Gasteiger partial charge in [0.25, 0.3) is 5.56 Å². The predicted molar refractivity (Wildman–Crippen MR) is 312 cm³/mol. The summed E-state index contributed by atoms with van der Waals surface area (Å²) in [5.41, 5.74) is 5.82. The van der Waals surface area contributed by atoms with E-state index in [4.69, 9.17) is 61.6 Å². The third-order valence-corrected chi connectivity index (χ3v) is 15.0. The third kappa shape index (κ3) is 12.4. The fourth-order valence-electron chi connectivity index (χ4n) is 10.1. The van der Waals surface area contributed by atoms with Gasteiger partial charge in [-0.3, -0.25) is 28.8 Å². The normalized spacial score (nSPS) is 18.0. The van der Waals surface area contributed by atoms with E-state index in [1.54, 1.807) is 82.5 Å². The zero-order valence-corrected chi connectivity index (χ0v) is 49.6. The summed E-state index contributed by atoms with van der Waals surface area (Å²) in [5, 5.41) is 12.1. The number of hydrogen-bond acceptors (Lipinski definition) is 13. The van der Waals surface area contributed by atoms with Crippen LogP contribution in [0.2, 0.25) is 10.3 Å². The Morgan fingerprint density at radius 3 is 1.44 bits per heavy atom. The van der Waals surface area contributed by atoms with Crippen LogP contribution in [0.15, 0.2) is 70.3 Å². The largest absolute Gasteiger partial charge is 0.444 e. The Labute approximate surface area is 482 Å². The number of anilines is 3. The molecule has 2 aliphatic rings. The van der Waals surface area contributed by atoms with Gasteiger partial charge in [0.05, 0.1) is 39.5 Å². The number of halogens is 6. The summed E-state index contributed by atoms with van der Waals surface area (Å²) in [6.07, 6.45) is -1.01. The van der Waals surface area contributed by atoms with Gasteiger partial charge in [0.15, 0.2) is 33.2 Å². The van der Waals surface area contributed by atoms with E-state index in [1.807, 2.05) is 63.8 Å². The number of nitrogens with zero attached hydrogens (tertiary/aromatic N) is 9. The van der Waals surface area contributed by atoms with Crippen LogP contribution in [0.25, 0.3) is 33.4 Å². The number of pyridine rings is 4. The van der Waals surface area contributed by atoms with Crippen LogP contribution < -0.4 is 26.7 Å². The van der Waals surface area contributed by atoms with Gasteiger partial charge in [-0.25, -0.2) is 28.3 Å². The molecule has 430 valence electrons. The van der Waals surface area contributed by atoms with Crippen LogP contribution in [0.3, 0.4) is 0 Å². The highest BCUT2D eigenvalue weighted by atomic mass is 35.5. The van der Waals surface area contributed by atoms with Crippen molar-refractivity contribution in [1.29, 1.82) is 0 Å². The Bertz CT molecular complexity index is 3500. The van der Waals surface area contributed by atoms with Crippen LogP contribution in [-0.2, 0) is 9.47 Å². The molecule has 2 aromatic carbocycles. The highest BCUT2D eigenvalue weighted by Crippen LogP contribution is 2.41. The van der Waals surface area contributed by atoms with Crippen molar-refractivity contribution in [1.82, 2.24) is 28.9 Å². The van der Waals surface area contributed by atoms with Gasteiger partial charge in [-0.15, -0.1) is 23.2 Å². The molecule has 2 fully saturated rings. The number of aromatic nitrogens is 4. The summed E-state index contributed by atoms with van der Waals surface area (Å²) in [7, 11) is 0. The number of rotatable bonds is 9. The van der Waals surface area contributed by atoms with Gasteiger partial charge < -0.3 is 34.8 Å². The average Bonchev–Trinajstić information content (AvgIpc) is 3.36. The molecule has 0 saturated carbocycles. The number of fused-ring (bicyclic) bond motifs is 2. The van der Waals surface area contributed by atoms with Crippen LogP contribution in [0.4, 0.5) is 41.1 Å². The number of carbonyl (C=O) groups is 2. The molecule has 0 unspecified atom stereocenters. The standard InChI is InChI=1S/C28H32Cl2FN5O5.C28H34Cl2FN5O3/c1-15(2)18-9-7-8-10-21(18)35-25-19(11-20(31)24(30)32-25)22(23(26(35)37)36(39)40)34-13-16(3)33(14-17(34)12-29)27(38)41-28(4,5)6;1-15(2)18-9-7-8-10-21(18)36-25-19(11-20(31)24(30)33-25)23(22(32)26(36)37)35-13-16(3)34(14-17(35)12-29)27(38)39-28(4,5)6/h7-11,15-17H,12-14H2,1-6H3;7-11,15-17H,12-14,32H2,1-6H3/t2*16-,17+/m11/s1. The molecule has 2 amide bonds. The van der Waals surface area contributed by atoms with Crippen molar-refractivity contribution in [3.63, 3.8) is 0 Å². The topological polar surface area (TPSA) is 204 Å². The molecule has 6 aromatic rings. The minimum atomic E-state index is -0.948. The summed E-state index contributed by atoms with van der Waals surface area (Å²) in [6.45, 7) is 22.8. The number of carbonyl (C=O) groups excluding carboxylic acids is 2. The maximum absolute atomic E-state index is 15.0. The second-order valence-corrected chi connectivity index (χ2v) is 23.9. The van der Waals surface area contributed by atoms with Crippen molar-refractivity contribution in [2.24, 2.45) is 0 Å². The van der Waals surface area contributed by atoms with Crippen LogP contribution in [-0.4, -0.2) is 119 Å². The molecule has 6 heterocycles. The second kappa shape index (κ2) is 23.9. The predicted octanol–water partition coefficient (Wildman–Crippen LogP) is 12.2. The smallest absolute Gasteiger partial charge is 0.410 e. The molecule has 80 heavy (non-hydrogen) atoms. The van der Waals surface area contributed by atoms with Crippen molar-refractivity contribution in [2.75, 3.05) is 53.5 Å². The number of nitrogen functional groups attached to an aromatic ring is 1. The van der Waals surface area contributed by atoms with Gasteiger partial charge in [-0.05, 0) is 103 Å². The van der Waals surface area contributed by atoms with E-state index in [-0.39, 0.29) is 89.0 Å². The first kappa shape index (κ1) is 61.1. The van der Waals surface area contributed by atoms with E-state index in [2.05, 4.69) is 9.97 Å². The quantitative estimate of drug-likeness (QED) is 0.0620. The first-order valence-electron chi connectivity index (χ1n) is 26.0. The SMILES string of the molecule is CC(C)c1ccccc1-n1c(=O)c(N)c(N2C[C@@H](C)N(C(=O)OC(C)(C)C)C[C@@H]2CCl)c2cc(F)c(Cl)nc21.CC(C)c1ccccc1-n1c(=O)c([N+](=O)[O-])c(N2C[C@@H](C)N(C(=O)OC(C)(C)C)C[C@@H]2CCl)c2cc(F)c(Cl)nc21. The minimum absolute atomic E-state index is 0.0183.